The van der Waals surface area contributed by atoms with Crippen LogP contribution in [0, 0.1) is 5.82 Å². The Morgan fingerprint density at radius 3 is 2.62 bits per heavy atom. The molecule has 0 aliphatic heterocycles. The summed E-state index contributed by atoms with van der Waals surface area (Å²) in [6.07, 6.45) is -4.97. The van der Waals surface area contributed by atoms with E-state index in [1.807, 2.05) is 0 Å². The van der Waals surface area contributed by atoms with Crippen LogP contribution in [-0.4, -0.2) is 22.8 Å². The van der Waals surface area contributed by atoms with Crippen LogP contribution in [0.25, 0.3) is 0 Å². The number of halogens is 4. The summed E-state index contributed by atoms with van der Waals surface area (Å²) in [4.78, 5) is 0. The Bertz CT molecular complexity index is 602. The average Bonchev–Trinajstić information content (AvgIpc) is 2.88. The van der Waals surface area contributed by atoms with E-state index in [1.54, 1.807) is 13.0 Å². The molecule has 1 unspecified atom stereocenters. The summed E-state index contributed by atoms with van der Waals surface area (Å²) >= 11 is 0.403. The summed E-state index contributed by atoms with van der Waals surface area (Å²) in [5.74, 6) is -0.417. The van der Waals surface area contributed by atoms with Gasteiger partial charge in [-0.1, -0.05) is 23.5 Å². The van der Waals surface area contributed by atoms with Crippen LogP contribution in [0.1, 0.15) is 11.9 Å². The number of aromatic nitrogens is 2. The van der Waals surface area contributed by atoms with Gasteiger partial charge in [0.15, 0.2) is 11.6 Å². The Hall–Kier alpha value is -1.90. The first-order valence-corrected chi connectivity index (χ1v) is 6.73. The maximum atomic E-state index is 13.4. The number of alkyl halides is 3. The monoisotopic (exact) mass is 321 g/mol. The van der Waals surface area contributed by atoms with Gasteiger partial charge < -0.3 is 10.1 Å². The number of hydrogen-bond acceptors (Lipinski definition) is 5. The number of hydrogen-bond donors (Lipinski definition) is 1. The van der Waals surface area contributed by atoms with Gasteiger partial charge >= 0.3 is 6.18 Å². The Morgan fingerprint density at radius 2 is 2.00 bits per heavy atom. The van der Waals surface area contributed by atoms with Crippen molar-refractivity contribution >= 4 is 16.5 Å². The fourth-order valence-electron chi connectivity index (χ4n) is 1.44. The predicted octanol–water partition coefficient (Wildman–Crippen LogP) is 3.58. The number of benzene rings is 1. The molecule has 0 fully saturated rings. The second-order valence-electron chi connectivity index (χ2n) is 4.15. The minimum absolute atomic E-state index is 0.0336. The maximum absolute atomic E-state index is 13.4. The maximum Gasteiger partial charge on any atom is 0.445 e. The molecule has 0 spiro atoms. The highest BCUT2D eigenvalue weighted by Gasteiger charge is 2.35. The molecule has 0 amide bonds. The lowest BCUT2D eigenvalue weighted by molar-refractivity contribution is -0.138. The van der Waals surface area contributed by atoms with E-state index >= 15 is 0 Å². The van der Waals surface area contributed by atoms with E-state index in [-0.39, 0.29) is 17.4 Å². The van der Waals surface area contributed by atoms with Crippen molar-refractivity contribution in [3.05, 3.63) is 35.1 Å². The lowest BCUT2D eigenvalue weighted by Crippen LogP contribution is -2.23. The van der Waals surface area contributed by atoms with Crippen molar-refractivity contribution in [1.29, 1.82) is 0 Å². The summed E-state index contributed by atoms with van der Waals surface area (Å²) in [6.45, 7) is 1.83. The summed E-state index contributed by atoms with van der Waals surface area (Å²) in [5.41, 5.74) is 0. The van der Waals surface area contributed by atoms with E-state index in [1.165, 1.54) is 18.2 Å². The molecule has 0 saturated heterocycles. The molecule has 1 aromatic carbocycles. The van der Waals surface area contributed by atoms with Crippen LogP contribution in [0.4, 0.5) is 22.7 Å². The third kappa shape index (κ3) is 4.28. The molecule has 1 N–H and O–H groups in total. The van der Waals surface area contributed by atoms with Gasteiger partial charge in [-0.2, -0.15) is 13.2 Å². The molecule has 2 aromatic rings. The van der Waals surface area contributed by atoms with Crippen LogP contribution in [0.5, 0.6) is 5.75 Å². The Morgan fingerprint density at radius 1 is 1.29 bits per heavy atom. The van der Waals surface area contributed by atoms with Gasteiger partial charge in [0.2, 0.25) is 10.1 Å². The van der Waals surface area contributed by atoms with Crippen molar-refractivity contribution in [1.82, 2.24) is 10.2 Å². The molecule has 114 valence electrons. The molecule has 1 atom stereocenters. The fourth-order valence-corrected chi connectivity index (χ4v) is 2.06. The second kappa shape index (κ2) is 6.25. The molecule has 0 bridgehead atoms. The first-order chi connectivity index (χ1) is 9.86. The van der Waals surface area contributed by atoms with Crippen LogP contribution in [0.15, 0.2) is 24.3 Å². The number of anilines is 1. The molecule has 2 rings (SSSR count). The van der Waals surface area contributed by atoms with E-state index in [0.717, 1.165) is 0 Å². The standard InChI is InChI=1S/C12H11F4N3OS/c1-7(20-9-5-3-2-4-8(9)13)6-17-11-19-18-10(21-11)12(14,15)16/h2-5,7H,6H2,1H3,(H,17,19). The minimum Gasteiger partial charge on any atom is -0.486 e. The first kappa shape index (κ1) is 15.5. The van der Waals surface area contributed by atoms with Crippen LogP contribution in [0.3, 0.4) is 0 Å². The SMILES string of the molecule is CC(CNc1nnc(C(F)(F)F)s1)Oc1ccccc1F. The third-order valence-electron chi connectivity index (χ3n) is 2.37. The fraction of sp³-hybridized carbons (Fsp3) is 0.333. The van der Waals surface area contributed by atoms with Gasteiger partial charge in [0, 0.05) is 0 Å². The Kier molecular flexibility index (Phi) is 4.61. The highest BCUT2D eigenvalue weighted by molar-refractivity contribution is 7.15. The molecule has 0 saturated carbocycles. The number of nitrogens with one attached hydrogen (secondary N) is 1. The third-order valence-corrected chi connectivity index (χ3v) is 3.30. The number of nitrogens with zero attached hydrogens (tertiary/aromatic N) is 2. The van der Waals surface area contributed by atoms with Gasteiger partial charge in [0.25, 0.3) is 0 Å². The quantitative estimate of drug-likeness (QED) is 0.855. The lowest BCUT2D eigenvalue weighted by atomic mass is 10.3. The first-order valence-electron chi connectivity index (χ1n) is 5.92. The van der Waals surface area contributed by atoms with E-state index in [9.17, 15) is 17.6 Å². The molecule has 1 heterocycles. The van der Waals surface area contributed by atoms with Gasteiger partial charge in [0.1, 0.15) is 6.10 Å². The molecule has 0 radical (unpaired) electrons. The van der Waals surface area contributed by atoms with Gasteiger partial charge in [0.05, 0.1) is 6.54 Å². The number of ether oxygens (including phenoxy) is 1. The molecule has 21 heavy (non-hydrogen) atoms. The van der Waals surface area contributed by atoms with Gasteiger partial charge in [-0.15, -0.1) is 10.2 Å². The molecular formula is C12H11F4N3OS. The zero-order valence-corrected chi connectivity index (χ0v) is 11.6. The van der Waals surface area contributed by atoms with Gasteiger partial charge in [-0.05, 0) is 19.1 Å². The van der Waals surface area contributed by atoms with Crippen molar-refractivity contribution in [3.63, 3.8) is 0 Å². The van der Waals surface area contributed by atoms with Crippen molar-refractivity contribution in [2.45, 2.75) is 19.2 Å². The Labute approximate surface area is 121 Å². The molecule has 4 nitrogen and oxygen atoms in total. The zero-order valence-electron chi connectivity index (χ0n) is 10.8. The lowest BCUT2D eigenvalue weighted by Gasteiger charge is -2.15. The van der Waals surface area contributed by atoms with Crippen molar-refractivity contribution in [2.75, 3.05) is 11.9 Å². The smallest absolute Gasteiger partial charge is 0.445 e. The van der Waals surface area contributed by atoms with Crippen LogP contribution >= 0.6 is 11.3 Å². The van der Waals surface area contributed by atoms with E-state index < -0.39 is 23.1 Å². The van der Waals surface area contributed by atoms with Crippen LogP contribution in [0.2, 0.25) is 0 Å². The summed E-state index contributed by atoms with van der Waals surface area (Å²) in [7, 11) is 0. The highest BCUT2D eigenvalue weighted by Crippen LogP contribution is 2.32. The number of rotatable bonds is 5. The van der Waals surface area contributed by atoms with Crippen molar-refractivity contribution in [2.24, 2.45) is 0 Å². The van der Waals surface area contributed by atoms with E-state index in [2.05, 4.69) is 15.5 Å². The summed E-state index contributed by atoms with van der Waals surface area (Å²) in [6, 6.07) is 5.89. The van der Waals surface area contributed by atoms with Gasteiger partial charge in [-0.3, -0.25) is 0 Å². The van der Waals surface area contributed by atoms with Crippen molar-refractivity contribution < 1.29 is 22.3 Å². The van der Waals surface area contributed by atoms with Crippen LogP contribution in [-0.2, 0) is 6.18 Å². The largest absolute Gasteiger partial charge is 0.486 e. The average molecular weight is 321 g/mol. The topological polar surface area (TPSA) is 47.0 Å². The molecule has 1 aromatic heterocycles. The second-order valence-corrected chi connectivity index (χ2v) is 5.13. The minimum atomic E-state index is -4.51. The van der Waals surface area contributed by atoms with E-state index in [4.69, 9.17) is 4.74 Å². The Balaban J connectivity index is 1.88. The molecule has 9 heteroatoms. The molecular weight excluding hydrogens is 310 g/mol. The number of para-hydroxylation sites is 1. The summed E-state index contributed by atoms with van der Waals surface area (Å²) < 4.78 is 55.7. The normalized spacial score (nSPS) is 13.0. The van der Waals surface area contributed by atoms with E-state index in [0.29, 0.717) is 11.3 Å². The predicted molar refractivity (Wildman–Crippen MR) is 69.9 cm³/mol. The van der Waals surface area contributed by atoms with Crippen LogP contribution < -0.4 is 10.1 Å². The van der Waals surface area contributed by atoms with Crippen molar-refractivity contribution in [3.8, 4) is 5.75 Å². The summed E-state index contributed by atoms with van der Waals surface area (Å²) in [5, 5.41) is 8.12. The zero-order chi connectivity index (χ0) is 15.5. The van der Waals surface area contributed by atoms with Gasteiger partial charge in [-0.25, -0.2) is 4.39 Å². The highest BCUT2D eigenvalue weighted by atomic mass is 32.1. The molecule has 0 aliphatic rings. The molecule has 0 aliphatic carbocycles.